The molecule has 0 fully saturated rings. The summed E-state index contributed by atoms with van der Waals surface area (Å²) >= 11 is 0.750. The maximum absolute atomic E-state index is 7.49. The molecule has 0 rings (SSSR count). The van der Waals surface area contributed by atoms with E-state index >= 15 is 0 Å². The van der Waals surface area contributed by atoms with Crippen LogP contribution in [0.3, 0.4) is 0 Å². The van der Waals surface area contributed by atoms with E-state index in [0.29, 0.717) is 0 Å². The summed E-state index contributed by atoms with van der Waals surface area (Å²) in [5.41, 5.74) is 0. The third-order valence-corrected chi connectivity index (χ3v) is 0. The molecule has 0 aromatic rings. The lowest BCUT2D eigenvalue weighted by molar-refractivity contribution is 0.669. The van der Waals surface area contributed by atoms with Crippen LogP contribution in [0.2, 0.25) is 0 Å². The Morgan fingerprint density at radius 2 is 1.00 bits per heavy atom. The standard InChI is InChI=1S/2C2H4.CH4OS.2H2O/c2*1-2;1-3-2;;/h2*1-2H2;2H,1H3;2*1H2. The molecule has 9 heavy (non-hydrogen) atoms. The summed E-state index contributed by atoms with van der Waals surface area (Å²) < 4.78 is 7.49. The zero-order valence-corrected chi connectivity index (χ0v) is 6.50. The first-order chi connectivity index (χ1) is 3.41. The molecule has 0 amide bonds. The predicted molar refractivity (Wildman–Crippen MR) is 45.9 cm³/mol. The van der Waals surface area contributed by atoms with Crippen molar-refractivity contribution in [3.63, 3.8) is 0 Å². The third kappa shape index (κ3) is 2990. The maximum Gasteiger partial charge on any atom is 0.00795 e. The van der Waals surface area contributed by atoms with E-state index < -0.39 is 0 Å². The van der Waals surface area contributed by atoms with E-state index in [-0.39, 0.29) is 11.0 Å². The van der Waals surface area contributed by atoms with Gasteiger partial charge in [-0.1, -0.05) is 0 Å². The van der Waals surface area contributed by atoms with Crippen LogP contribution in [0.1, 0.15) is 0 Å². The van der Waals surface area contributed by atoms with Gasteiger partial charge in [0.05, 0.1) is 0 Å². The second-order valence-electron chi connectivity index (χ2n) is 0.183. The van der Waals surface area contributed by atoms with Crippen LogP contribution in [0.5, 0.6) is 0 Å². The Balaban J connectivity index is -0.00000000825. The van der Waals surface area contributed by atoms with Gasteiger partial charge in [-0.15, -0.1) is 26.3 Å². The van der Waals surface area contributed by atoms with Crippen LogP contribution in [-0.4, -0.2) is 21.8 Å². The van der Waals surface area contributed by atoms with Gasteiger partial charge in [-0.3, -0.25) is 0 Å². The Kier molecular flexibility index (Phi) is 2880. The Morgan fingerprint density at radius 3 is 1.00 bits per heavy atom. The second kappa shape index (κ2) is 689. The van der Waals surface area contributed by atoms with Gasteiger partial charge in [0.1, 0.15) is 0 Å². The zero-order chi connectivity index (χ0) is 6.71. The lowest BCUT2D eigenvalue weighted by Crippen LogP contribution is -1.28. The molecule has 0 bridgehead atoms. The molecule has 0 aliphatic rings. The zero-order valence-electron chi connectivity index (χ0n) is 5.68. The monoisotopic (exact) mass is 156 g/mol. The number of hydrogen-bond donors (Lipinski definition) is 1. The fraction of sp³-hybridized carbons (Fsp3) is 0.200. The summed E-state index contributed by atoms with van der Waals surface area (Å²) in [5, 5.41) is 0. The maximum atomic E-state index is 7.49. The number of rotatable bonds is 0. The molecule has 4 heteroatoms. The van der Waals surface area contributed by atoms with Crippen LogP contribution in [0.25, 0.3) is 0 Å². The van der Waals surface area contributed by atoms with Crippen molar-refractivity contribution in [2.24, 2.45) is 0 Å². The molecule has 0 unspecified atom stereocenters. The van der Waals surface area contributed by atoms with Crippen LogP contribution >= 0.6 is 12.0 Å². The minimum absolute atomic E-state index is 0. The van der Waals surface area contributed by atoms with Crippen molar-refractivity contribution < 1.29 is 15.5 Å². The van der Waals surface area contributed by atoms with Crippen LogP contribution in [-0.2, 0) is 0 Å². The van der Waals surface area contributed by atoms with Crippen molar-refractivity contribution in [2.75, 3.05) is 6.26 Å². The Labute approximate surface area is 60.9 Å². The van der Waals surface area contributed by atoms with Crippen molar-refractivity contribution in [1.82, 2.24) is 0 Å². The molecule has 0 aliphatic carbocycles. The van der Waals surface area contributed by atoms with E-state index in [1.54, 1.807) is 6.26 Å². The topological polar surface area (TPSA) is 83.2 Å². The SMILES string of the molecule is C=C.C=C.CSO.O.O. The Hall–Kier alpha value is -0.290. The van der Waals surface area contributed by atoms with Crippen molar-refractivity contribution in [3.8, 4) is 0 Å². The van der Waals surface area contributed by atoms with Crippen LogP contribution in [0.4, 0.5) is 0 Å². The van der Waals surface area contributed by atoms with Crippen molar-refractivity contribution in [3.05, 3.63) is 26.3 Å². The van der Waals surface area contributed by atoms with Gasteiger partial charge in [-0.05, 0) is 12.0 Å². The highest BCUT2D eigenvalue weighted by Gasteiger charge is 1.34. The molecule has 0 aromatic carbocycles. The van der Waals surface area contributed by atoms with E-state index in [1.807, 2.05) is 0 Å². The highest BCUT2D eigenvalue weighted by molar-refractivity contribution is 7.93. The Bertz CT molecular complexity index is 19.7. The lowest BCUT2D eigenvalue weighted by Gasteiger charge is -1.52. The molecule has 0 radical (unpaired) electrons. The molecule has 3 nitrogen and oxygen atoms in total. The molecule has 0 atom stereocenters. The van der Waals surface area contributed by atoms with Crippen molar-refractivity contribution in [2.45, 2.75) is 0 Å². The van der Waals surface area contributed by atoms with E-state index in [0.717, 1.165) is 12.0 Å². The van der Waals surface area contributed by atoms with E-state index in [9.17, 15) is 0 Å². The summed E-state index contributed by atoms with van der Waals surface area (Å²) in [6.07, 6.45) is 1.60. The number of hydrogen-bond acceptors (Lipinski definition) is 2. The summed E-state index contributed by atoms with van der Waals surface area (Å²) in [4.78, 5) is 0. The van der Waals surface area contributed by atoms with Gasteiger partial charge in [-0.2, -0.15) is 0 Å². The highest BCUT2D eigenvalue weighted by Crippen LogP contribution is 1.68. The minimum atomic E-state index is 0. The third-order valence-electron chi connectivity index (χ3n) is 0. The largest absolute Gasteiger partial charge is 0.412 e. The normalized spacial score (nSPS) is 2.89. The van der Waals surface area contributed by atoms with Gasteiger partial charge in [-0.25, -0.2) is 0 Å². The van der Waals surface area contributed by atoms with E-state index in [4.69, 9.17) is 4.55 Å². The van der Waals surface area contributed by atoms with Gasteiger partial charge in [0, 0.05) is 6.26 Å². The smallest absolute Gasteiger partial charge is 0.00795 e. The molecule has 0 saturated heterocycles. The summed E-state index contributed by atoms with van der Waals surface area (Å²) in [5.74, 6) is 0. The molecular weight excluding hydrogens is 140 g/mol. The quantitative estimate of drug-likeness (QED) is 0.415. The molecule has 0 spiro atoms. The Morgan fingerprint density at radius 1 is 1.00 bits per heavy atom. The van der Waals surface area contributed by atoms with E-state index in [1.165, 1.54) is 0 Å². The second-order valence-corrected chi connectivity index (χ2v) is 0.548. The fourth-order valence-electron chi connectivity index (χ4n) is 0. The molecule has 0 aliphatic heterocycles. The van der Waals surface area contributed by atoms with Crippen LogP contribution in [0.15, 0.2) is 26.3 Å². The van der Waals surface area contributed by atoms with Crippen molar-refractivity contribution in [1.29, 1.82) is 0 Å². The van der Waals surface area contributed by atoms with Gasteiger partial charge in [0.25, 0.3) is 0 Å². The predicted octanol–water partition coefficient (Wildman–Crippen LogP) is 0.777. The van der Waals surface area contributed by atoms with Crippen LogP contribution in [0, 0.1) is 0 Å². The highest BCUT2D eigenvalue weighted by atomic mass is 32.2. The average molecular weight is 156 g/mol. The molecule has 0 saturated carbocycles. The summed E-state index contributed by atoms with van der Waals surface area (Å²) in [6.45, 7) is 12.0. The minimum Gasteiger partial charge on any atom is -0.412 e. The van der Waals surface area contributed by atoms with Crippen molar-refractivity contribution >= 4 is 12.0 Å². The van der Waals surface area contributed by atoms with Crippen LogP contribution < -0.4 is 0 Å². The molecule has 60 valence electrons. The molecular formula is C5H16O3S. The molecule has 0 aromatic heterocycles. The summed E-state index contributed by atoms with van der Waals surface area (Å²) in [6, 6.07) is 0. The summed E-state index contributed by atoms with van der Waals surface area (Å²) in [7, 11) is 0. The van der Waals surface area contributed by atoms with Gasteiger partial charge in [0.2, 0.25) is 0 Å². The van der Waals surface area contributed by atoms with Gasteiger partial charge in [0.15, 0.2) is 0 Å². The first-order valence-electron chi connectivity index (χ1n) is 1.59. The van der Waals surface area contributed by atoms with Gasteiger partial charge < -0.3 is 15.5 Å². The fourth-order valence-corrected chi connectivity index (χ4v) is 0. The average Bonchev–Trinajstić information content (AvgIpc) is 1.78. The van der Waals surface area contributed by atoms with E-state index in [2.05, 4.69) is 26.3 Å². The first kappa shape index (κ1) is 37.6. The molecule has 0 heterocycles. The van der Waals surface area contributed by atoms with Gasteiger partial charge >= 0.3 is 0 Å². The lowest BCUT2D eigenvalue weighted by atomic mass is 11.3. The first-order valence-corrected chi connectivity index (χ1v) is 2.77. The molecule has 5 N–H and O–H groups in total.